The van der Waals surface area contributed by atoms with Gasteiger partial charge in [0.1, 0.15) is 5.76 Å². The van der Waals surface area contributed by atoms with Gasteiger partial charge in [-0.2, -0.15) is 0 Å². The fourth-order valence-corrected chi connectivity index (χ4v) is 3.22. The summed E-state index contributed by atoms with van der Waals surface area (Å²) in [5.74, 6) is 0.737. The van der Waals surface area contributed by atoms with Crippen LogP contribution in [0.25, 0.3) is 0 Å². The van der Waals surface area contributed by atoms with Gasteiger partial charge in [-0.25, -0.2) is 0 Å². The normalized spacial score (nSPS) is 14.2. The maximum atomic E-state index is 12.4. The van der Waals surface area contributed by atoms with Gasteiger partial charge >= 0.3 is 0 Å². The number of furan rings is 1. The molecule has 0 bridgehead atoms. The molecule has 24 heavy (non-hydrogen) atoms. The van der Waals surface area contributed by atoms with E-state index in [1.807, 2.05) is 31.2 Å². The molecule has 0 saturated carbocycles. The highest BCUT2D eigenvalue weighted by atomic mass is 16.3. The van der Waals surface area contributed by atoms with Crippen LogP contribution in [0, 0.1) is 0 Å². The number of benzene rings is 1. The monoisotopic (exact) mass is 325 g/mol. The van der Waals surface area contributed by atoms with Crippen molar-refractivity contribution in [3.63, 3.8) is 0 Å². The highest BCUT2D eigenvalue weighted by molar-refractivity contribution is 5.98. The van der Waals surface area contributed by atoms with Crippen LogP contribution in [-0.4, -0.2) is 23.6 Å². The number of hydrogen-bond acceptors (Lipinski definition) is 3. The van der Waals surface area contributed by atoms with Crippen molar-refractivity contribution >= 4 is 11.7 Å². The molecule has 0 N–H and O–H groups in total. The first-order valence-electron chi connectivity index (χ1n) is 8.50. The van der Waals surface area contributed by atoms with E-state index in [4.69, 9.17) is 4.42 Å². The molecule has 1 amide bonds. The zero-order valence-corrected chi connectivity index (χ0v) is 14.2. The van der Waals surface area contributed by atoms with Gasteiger partial charge in [0.05, 0.1) is 12.3 Å². The second-order valence-corrected chi connectivity index (χ2v) is 6.46. The minimum Gasteiger partial charge on any atom is -0.467 e. The number of carbonyl (C=O) groups is 2. The minimum absolute atomic E-state index is 0.0390. The third-order valence-corrected chi connectivity index (χ3v) is 4.92. The predicted molar refractivity (Wildman–Crippen MR) is 91.9 cm³/mol. The van der Waals surface area contributed by atoms with E-state index < -0.39 is 0 Å². The summed E-state index contributed by atoms with van der Waals surface area (Å²) >= 11 is 0. The van der Waals surface area contributed by atoms with Gasteiger partial charge in [0.25, 0.3) is 0 Å². The van der Waals surface area contributed by atoms with Crippen LogP contribution in [0.4, 0.5) is 0 Å². The van der Waals surface area contributed by atoms with Gasteiger partial charge in [-0.3, -0.25) is 9.59 Å². The van der Waals surface area contributed by atoms with E-state index in [1.165, 1.54) is 17.5 Å². The number of carbonyl (C=O) groups excluding carboxylic acids is 2. The van der Waals surface area contributed by atoms with Gasteiger partial charge in [-0.15, -0.1) is 0 Å². The quantitative estimate of drug-likeness (QED) is 0.756. The van der Waals surface area contributed by atoms with Crippen LogP contribution in [-0.2, 0) is 17.6 Å². The molecule has 1 aromatic heterocycles. The first kappa shape index (κ1) is 16.5. The Labute approximate surface area is 142 Å². The van der Waals surface area contributed by atoms with Crippen LogP contribution in [0.3, 0.4) is 0 Å². The topological polar surface area (TPSA) is 50.5 Å². The van der Waals surface area contributed by atoms with E-state index in [2.05, 4.69) is 6.07 Å². The molecule has 1 aliphatic rings. The Morgan fingerprint density at radius 3 is 2.71 bits per heavy atom. The molecule has 4 heteroatoms. The molecule has 2 aromatic rings. The number of aryl methyl sites for hydroxylation is 2. The summed E-state index contributed by atoms with van der Waals surface area (Å²) in [5, 5.41) is 0. The predicted octanol–water partition coefficient (Wildman–Crippen LogP) is 3.95. The number of nitrogens with zero attached hydrogens (tertiary/aromatic N) is 1. The Hall–Kier alpha value is -2.36. The molecular weight excluding hydrogens is 302 g/mol. The van der Waals surface area contributed by atoms with E-state index in [1.54, 1.807) is 18.2 Å². The molecule has 1 aliphatic carbocycles. The molecule has 0 spiro atoms. The van der Waals surface area contributed by atoms with Crippen molar-refractivity contribution in [3.05, 3.63) is 59.0 Å². The first-order valence-corrected chi connectivity index (χ1v) is 8.50. The first-order chi connectivity index (χ1) is 11.6. The van der Waals surface area contributed by atoms with Crippen molar-refractivity contribution in [3.8, 4) is 0 Å². The van der Waals surface area contributed by atoms with E-state index in [0.717, 1.165) is 24.2 Å². The molecule has 1 atom stereocenters. The average molecular weight is 325 g/mol. The third-order valence-electron chi connectivity index (χ3n) is 4.92. The molecule has 0 radical (unpaired) electrons. The fourth-order valence-electron chi connectivity index (χ4n) is 3.22. The molecule has 1 heterocycles. The van der Waals surface area contributed by atoms with Crippen LogP contribution >= 0.6 is 0 Å². The van der Waals surface area contributed by atoms with Gasteiger partial charge in [-0.1, -0.05) is 12.1 Å². The SMILES string of the molecule is CC(c1ccco1)N(C)C(=O)CCC(=O)c1ccc2c(c1)CCC2. The summed E-state index contributed by atoms with van der Waals surface area (Å²) in [6, 6.07) is 9.48. The number of fused-ring (bicyclic) bond motifs is 1. The smallest absolute Gasteiger partial charge is 0.223 e. The van der Waals surface area contributed by atoms with Crippen molar-refractivity contribution in [1.82, 2.24) is 4.90 Å². The van der Waals surface area contributed by atoms with Crippen molar-refractivity contribution in [2.45, 2.75) is 45.1 Å². The zero-order chi connectivity index (χ0) is 17.1. The van der Waals surface area contributed by atoms with Crippen LogP contribution < -0.4 is 0 Å². The molecule has 1 unspecified atom stereocenters. The summed E-state index contributed by atoms with van der Waals surface area (Å²) in [7, 11) is 1.75. The lowest BCUT2D eigenvalue weighted by molar-refractivity contribution is -0.132. The van der Waals surface area contributed by atoms with Crippen molar-refractivity contribution in [1.29, 1.82) is 0 Å². The molecule has 0 saturated heterocycles. The number of hydrogen-bond donors (Lipinski definition) is 0. The molecule has 0 aliphatic heterocycles. The van der Waals surface area contributed by atoms with Crippen LogP contribution in [0.5, 0.6) is 0 Å². The standard InChI is InChI=1S/C20H23NO3/c1-14(19-7-4-12-24-19)21(2)20(23)11-10-18(22)17-9-8-15-5-3-6-16(15)13-17/h4,7-9,12-14H,3,5-6,10-11H2,1-2H3. The molecular formula is C20H23NO3. The number of Topliss-reactive ketones (excluding diaryl/α,β-unsaturated/α-hetero) is 1. The molecule has 1 aromatic carbocycles. The van der Waals surface area contributed by atoms with Crippen LogP contribution in [0.2, 0.25) is 0 Å². The Morgan fingerprint density at radius 2 is 1.96 bits per heavy atom. The van der Waals surface area contributed by atoms with Gasteiger partial charge in [-0.05, 0) is 55.5 Å². The summed E-state index contributed by atoms with van der Waals surface area (Å²) in [4.78, 5) is 26.3. The Bertz CT molecular complexity index is 733. The van der Waals surface area contributed by atoms with Crippen LogP contribution in [0.1, 0.15) is 59.5 Å². The summed E-state index contributed by atoms with van der Waals surface area (Å²) in [6.07, 6.45) is 5.39. The highest BCUT2D eigenvalue weighted by Crippen LogP contribution is 2.24. The van der Waals surface area contributed by atoms with E-state index in [9.17, 15) is 9.59 Å². The van der Waals surface area contributed by atoms with E-state index >= 15 is 0 Å². The van der Waals surface area contributed by atoms with Gasteiger partial charge in [0.2, 0.25) is 5.91 Å². The summed E-state index contributed by atoms with van der Waals surface area (Å²) in [6.45, 7) is 1.92. The Kier molecular flexibility index (Phi) is 4.84. The zero-order valence-electron chi connectivity index (χ0n) is 14.2. The Morgan fingerprint density at radius 1 is 1.17 bits per heavy atom. The van der Waals surface area contributed by atoms with Gasteiger partial charge < -0.3 is 9.32 Å². The third kappa shape index (κ3) is 3.42. The van der Waals surface area contributed by atoms with E-state index in [-0.39, 0.29) is 30.6 Å². The maximum Gasteiger partial charge on any atom is 0.223 e. The summed E-state index contributed by atoms with van der Waals surface area (Å²) in [5.41, 5.74) is 3.37. The van der Waals surface area contributed by atoms with Crippen molar-refractivity contribution in [2.24, 2.45) is 0 Å². The lowest BCUT2D eigenvalue weighted by atomic mass is 10.0. The van der Waals surface area contributed by atoms with Crippen molar-refractivity contribution < 1.29 is 14.0 Å². The summed E-state index contributed by atoms with van der Waals surface area (Å²) < 4.78 is 5.34. The molecule has 3 rings (SSSR count). The maximum absolute atomic E-state index is 12.4. The average Bonchev–Trinajstić information content (AvgIpc) is 3.28. The minimum atomic E-state index is -0.136. The lowest BCUT2D eigenvalue weighted by Crippen LogP contribution is -2.29. The number of ketones is 1. The van der Waals surface area contributed by atoms with Crippen molar-refractivity contribution in [2.75, 3.05) is 7.05 Å². The Balaban J connectivity index is 1.56. The molecule has 4 nitrogen and oxygen atoms in total. The largest absolute Gasteiger partial charge is 0.467 e. The van der Waals surface area contributed by atoms with Crippen LogP contribution in [0.15, 0.2) is 41.0 Å². The highest BCUT2D eigenvalue weighted by Gasteiger charge is 2.21. The van der Waals surface area contributed by atoms with Gasteiger partial charge in [0, 0.05) is 25.5 Å². The number of rotatable bonds is 6. The second-order valence-electron chi connectivity index (χ2n) is 6.46. The van der Waals surface area contributed by atoms with Gasteiger partial charge in [0.15, 0.2) is 5.78 Å². The molecule has 126 valence electrons. The second kappa shape index (κ2) is 7.04. The lowest BCUT2D eigenvalue weighted by Gasteiger charge is -2.23. The van der Waals surface area contributed by atoms with E-state index in [0.29, 0.717) is 0 Å². The fraction of sp³-hybridized carbons (Fsp3) is 0.400. The number of amides is 1. The molecule has 0 fully saturated rings.